The second kappa shape index (κ2) is 9.19. The van der Waals surface area contributed by atoms with Crippen LogP contribution in [0.4, 0.5) is 10.5 Å². The van der Waals surface area contributed by atoms with Crippen molar-refractivity contribution in [2.75, 3.05) is 11.9 Å². The molecular formula is C23H24ClN5O4. The van der Waals surface area contributed by atoms with Gasteiger partial charge in [-0.2, -0.15) is 0 Å². The van der Waals surface area contributed by atoms with E-state index in [-0.39, 0.29) is 31.2 Å². The van der Waals surface area contributed by atoms with E-state index in [0.29, 0.717) is 22.1 Å². The Bertz CT molecular complexity index is 1130. The van der Waals surface area contributed by atoms with Crippen LogP contribution in [-0.2, 0) is 14.4 Å². The van der Waals surface area contributed by atoms with Gasteiger partial charge in [0.25, 0.3) is 0 Å². The van der Waals surface area contributed by atoms with E-state index in [1.165, 1.54) is 4.90 Å². The highest BCUT2D eigenvalue weighted by Crippen LogP contribution is 2.31. The molecule has 1 aliphatic carbocycles. The minimum atomic E-state index is -0.783. The molecule has 0 radical (unpaired) electrons. The highest BCUT2D eigenvalue weighted by atomic mass is 35.5. The van der Waals surface area contributed by atoms with Crippen molar-refractivity contribution in [2.45, 2.75) is 38.8 Å². The summed E-state index contributed by atoms with van der Waals surface area (Å²) in [5.74, 6) is -1.33. The van der Waals surface area contributed by atoms with Crippen LogP contribution in [0.5, 0.6) is 0 Å². The summed E-state index contributed by atoms with van der Waals surface area (Å²) in [5, 5.41) is 8.33. The number of halogens is 1. The predicted octanol–water partition coefficient (Wildman–Crippen LogP) is 2.32. The molecule has 0 spiro atoms. The summed E-state index contributed by atoms with van der Waals surface area (Å²) in [6.45, 7) is 3.68. The van der Waals surface area contributed by atoms with Crippen LogP contribution < -0.4 is 16.0 Å². The third kappa shape index (κ3) is 4.68. The van der Waals surface area contributed by atoms with Crippen LogP contribution in [0.15, 0.2) is 47.0 Å². The number of carbonyl (C=O) groups is 4. The molecular weight excluding hydrogens is 446 g/mol. The number of nitrogens with zero attached hydrogens (tertiary/aromatic N) is 2. The van der Waals surface area contributed by atoms with Crippen molar-refractivity contribution in [1.82, 2.24) is 15.5 Å². The molecule has 3 atom stereocenters. The Morgan fingerprint density at radius 1 is 1.27 bits per heavy atom. The molecule has 10 heteroatoms. The zero-order valence-electron chi connectivity index (χ0n) is 18.2. The fourth-order valence-corrected chi connectivity index (χ4v) is 4.42. The van der Waals surface area contributed by atoms with E-state index in [1.54, 1.807) is 25.1 Å². The molecule has 33 heavy (non-hydrogen) atoms. The van der Waals surface area contributed by atoms with Crippen LogP contribution >= 0.6 is 11.6 Å². The first-order valence-corrected chi connectivity index (χ1v) is 11.0. The Kier molecular flexibility index (Phi) is 6.33. The van der Waals surface area contributed by atoms with Gasteiger partial charge in [0.05, 0.1) is 12.0 Å². The Morgan fingerprint density at radius 3 is 2.79 bits per heavy atom. The third-order valence-corrected chi connectivity index (χ3v) is 6.36. The Labute approximate surface area is 195 Å². The number of nitrogens with one attached hydrogen (secondary N) is 3. The number of anilines is 1. The number of urea groups is 1. The van der Waals surface area contributed by atoms with Crippen LogP contribution in [0, 0.1) is 12.8 Å². The summed E-state index contributed by atoms with van der Waals surface area (Å²) < 4.78 is 0. The smallest absolute Gasteiger partial charge is 0.319 e. The zero-order valence-corrected chi connectivity index (χ0v) is 19.0. The SMILES string of the molecule is CC1=N[C@H]2C=CC=C(CNC(=O)Nc3ccc(C)c(Cl)c3)C2C(=O)N1C1CCC(=O)NC1=O. The molecule has 9 nitrogen and oxygen atoms in total. The van der Waals surface area contributed by atoms with E-state index < -0.39 is 29.9 Å². The van der Waals surface area contributed by atoms with E-state index in [2.05, 4.69) is 20.9 Å². The molecule has 0 aromatic heterocycles. The molecule has 1 aromatic rings. The maximum atomic E-state index is 13.5. The molecule has 4 rings (SSSR count). The fourth-order valence-electron chi connectivity index (χ4n) is 4.24. The fraction of sp³-hybridized carbons (Fsp3) is 0.348. The Balaban J connectivity index is 1.46. The highest BCUT2D eigenvalue weighted by molar-refractivity contribution is 6.31. The number of aliphatic imine (C=N–C) groups is 1. The molecule has 3 aliphatic rings. The number of amides is 5. The lowest BCUT2D eigenvalue weighted by Crippen LogP contribution is -2.60. The van der Waals surface area contributed by atoms with Gasteiger partial charge >= 0.3 is 6.03 Å². The summed E-state index contributed by atoms with van der Waals surface area (Å²) in [7, 11) is 0. The normalized spacial score (nSPS) is 24.5. The molecule has 5 amide bonds. The Hall–Kier alpha value is -3.46. The van der Waals surface area contributed by atoms with Crippen molar-refractivity contribution in [2.24, 2.45) is 10.9 Å². The van der Waals surface area contributed by atoms with Gasteiger partial charge in [0.1, 0.15) is 11.9 Å². The predicted molar refractivity (Wildman–Crippen MR) is 124 cm³/mol. The van der Waals surface area contributed by atoms with E-state index >= 15 is 0 Å². The van der Waals surface area contributed by atoms with Gasteiger partial charge in [-0.05, 0) is 43.5 Å². The lowest BCUT2D eigenvalue weighted by Gasteiger charge is -2.41. The summed E-state index contributed by atoms with van der Waals surface area (Å²) >= 11 is 6.11. The maximum Gasteiger partial charge on any atom is 0.319 e. The number of fused-ring (bicyclic) bond motifs is 1. The van der Waals surface area contributed by atoms with E-state index in [0.717, 1.165) is 5.56 Å². The molecule has 1 fully saturated rings. The number of aryl methyl sites for hydroxylation is 1. The Morgan fingerprint density at radius 2 is 2.06 bits per heavy atom. The molecule has 2 heterocycles. The van der Waals surface area contributed by atoms with Crippen molar-refractivity contribution in [1.29, 1.82) is 0 Å². The lowest BCUT2D eigenvalue weighted by molar-refractivity contribution is -0.144. The second-order valence-electron chi connectivity index (χ2n) is 8.22. The van der Waals surface area contributed by atoms with Gasteiger partial charge in [-0.1, -0.05) is 35.9 Å². The lowest BCUT2D eigenvalue weighted by atomic mass is 9.84. The van der Waals surface area contributed by atoms with E-state index in [9.17, 15) is 19.2 Å². The number of allylic oxidation sites excluding steroid dienone is 2. The van der Waals surface area contributed by atoms with Crippen molar-refractivity contribution < 1.29 is 19.2 Å². The van der Waals surface area contributed by atoms with Crippen LogP contribution in [0.25, 0.3) is 0 Å². The number of hydrogen-bond donors (Lipinski definition) is 3. The summed E-state index contributed by atoms with van der Waals surface area (Å²) in [6.07, 6.45) is 5.82. The number of carbonyl (C=O) groups excluding carboxylic acids is 4. The summed E-state index contributed by atoms with van der Waals surface area (Å²) in [4.78, 5) is 55.8. The van der Waals surface area contributed by atoms with Crippen LogP contribution in [-0.4, -0.2) is 53.1 Å². The monoisotopic (exact) mass is 469 g/mol. The minimum Gasteiger partial charge on any atom is -0.334 e. The molecule has 172 valence electrons. The number of hydrogen-bond acceptors (Lipinski definition) is 5. The third-order valence-electron chi connectivity index (χ3n) is 5.95. The van der Waals surface area contributed by atoms with Gasteiger partial charge in [0, 0.05) is 23.7 Å². The first kappa shape index (κ1) is 22.7. The molecule has 3 N–H and O–H groups in total. The second-order valence-corrected chi connectivity index (χ2v) is 8.63. The molecule has 1 aromatic carbocycles. The summed E-state index contributed by atoms with van der Waals surface area (Å²) in [6, 6.07) is 3.58. The number of amidine groups is 1. The van der Waals surface area contributed by atoms with Gasteiger partial charge in [0.2, 0.25) is 17.7 Å². The molecule has 0 bridgehead atoms. The standard InChI is InChI=1S/C23H24ClN5O4/c1-12-6-7-15(10-16(12)24)27-23(33)25-11-14-4-3-5-17-20(14)22(32)29(13(2)26-17)18-8-9-19(30)28-21(18)31/h3-7,10,17-18,20H,8-9,11H2,1-2H3,(H2,25,27,33)(H,28,30,31)/t17-,18?,20?/m0/s1. The molecule has 2 aliphatic heterocycles. The van der Waals surface area contributed by atoms with Gasteiger partial charge in [-0.25, -0.2) is 4.79 Å². The summed E-state index contributed by atoms with van der Waals surface area (Å²) in [5.41, 5.74) is 2.13. The highest BCUT2D eigenvalue weighted by Gasteiger charge is 2.44. The van der Waals surface area contributed by atoms with Crippen LogP contribution in [0.3, 0.4) is 0 Å². The molecule has 0 saturated carbocycles. The van der Waals surface area contributed by atoms with Crippen molar-refractivity contribution in [3.05, 3.63) is 52.6 Å². The molecule has 2 unspecified atom stereocenters. The van der Waals surface area contributed by atoms with Gasteiger partial charge in [-0.15, -0.1) is 0 Å². The van der Waals surface area contributed by atoms with Crippen molar-refractivity contribution in [3.8, 4) is 0 Å². The maximum absolute atomic E-state index is 13.5. The first-order chi connectivity index (χ1) is 15.7. The van der Waals surface area contributed by atoms with Crippen LogP contribution in [0.2, 0.25) is 5.02 Å². The largest absolute Gasteiger partial charge is 0.334 e. The van der Waals surface area contributed by atoms with E-state index in [4.69, 9.17) is 11.6 Å². The van der Waals surface area contributed by atoms with Gasteiger partial charge in [0.15, 0.2) is 0 Å². The molecule has 1 saturated heterocycles. The van der Waals surface area contributed by atoms with Gasteiger partial charge < -0.3 is 10.6 Å². The quantitative estimate of drug-likeness (QED) is 0.586. The number of piperidine rings is 1. The van der Waals surface area contributed by atoms with Crippen LogP contribution in [0.1, 0.15) is 25.3 Å². The number of benzene rings is 1. The topological polar surface area (TPSA) is 120 Å². The average molecular weight is 470 g/mol. The average Bonchev–Trinajstić information content (AvgIpc) is 2.76. The zero-order chi connectivity index (χ0) is 23.7. The minimum absolute atomic E-state index is 0.125. The number of imide groups is 1. The van der Waals surface area contributed by atoms with Crippen molar-refractivity contribution >= 4 is 46.9 Å². The number of rotatable bonds is 4. The first-order valence-electron chi connectivity index (χ1n) is 10.6. The van der Waals surface area contributed by atoms with E-state index in [1.807, 2.05) is 25.1 Å². The van der Waals surface area contributed by atoms with Gasteiger partial charge in [-0.3, -0.25) is 29.6 Å². The van der Waals surface area contributed by atoms with Crippen molar-refractivity contribution in [3.63, 3.8) is 0 Å².